The van der Waals surface area contributed by atoms with Gasteiger partial charge in [-0.2, -0.15) is 5.10 Å². The molecular weight excluding hydrogens is 420 g/mol. The van der Waals surface area contributed by atoms with Crippen LogP contribution in [0.3, 0.4) is 0 Å². The topological polar surface area (TPSA) is 93.5 Å². The number of methoxy groups -OCH3 is 1. The van der Waals surface area contributed by atoms with Crippen molar-refractivity contribution in [1.29, 1.82) is 0 Å². The Bertz CT molecular complexity index is 1220. The Balaban J connectivity index is 1.46. The van der Waals surface area contributed by atoms with Crippen LogP contribution in [0.15, 0.2) is 36.5 Å². The summed E-state index contributed by atoms with van der Waals surface area (Å²) in [4.78, 5) is 39.2. The van der Waals surface area contributed by atoms with Crippen LogP contribution in [-0.2, 0) is 24.8 Å². The molecule has 0 unspecified atom stereocenters. The minimum atomic E-state index is -0.227. The van der Waals surface area contributed by atoms with Crippen molar-refractivity contribution >= 4 is 17.6 Å². The summed E-state index contributed by atoms with van der Waals surface area (Å²) in [5, 5.41) is 4.12. The van der Waals surface area contributed by atoms with E-state index in [0.29, 0.717) is 36.8 Å². The predicted molar refractivity (Wildman–Crippen MR) is 121 cm³/mol. The van der Waals surface area contributed by atoms with Crippen molar-refractivity contribution < 1.29 is 14.3 Å². The van der Waals surface area contributed by atoms with E-state index in [1.807, 2.05) is 36.1 Å². The minimum Gasteiger partial charge on any atom is -0.497 e. The number of hydrogen-bond donors (Lipinski definition) is 0. The molecule has 4 heterocycles. The number of rotatable bonds is 5. The van der Waals surface area contributed by atoms with Gasteiger partial charge in [-0.1, -0.05) is 12.1 Å². The monoisotopic (exact) mass is 446 g/mol. The Morgan fingerprint density at radius 1 is 1.18 bits per heavy atom. The number of benzene rings is 1. The molecule has 1 saturated heterocycles. The number of carbonyl (C=O) groups excluding carboxylic acids is 2. The van der Waals surface area contributed by atoms with Gasteiger partial charge >= 0.3 is 0 Å². The van der Waals surface area contributed by atoms with E-state index in [1.54, 1.807) is 36.0 Å². The van der Waals surface area contributed by atoms with Gasteiger partial charge in [0.05, 0.1) is 26.1 Å². The number of amides is 2. The Kier molecular flexibility index (Phi) is 5.32. The van der Waals surface area contributed by atoms with Crippen molar-refractivity contribution in [3.8, 4) is 5.75 Å². The minimum absolute atomic E-state index is 0.00427. The van der Waals surface area contributed by atoms with Crippen molar-refractivity contribution in [3.05, 3.63) is 64.9 Å². The summed E-state index contributed by atoms with van der Waals surface area (Å²) >= 11 is 0. The highest BCUT2D eigenvalue weighted by atomic mass is 16.5. The second kappa shape index (κ2) is 8.31. The third kappa shape index (κ3) is 3.73. The third-order valence-electron chi connectivity index (χ3n) is 6.45. The molecule has 0 spiro atoms. The summed E-state index contributed by atoms with van der Waals surface area (Å²) in [7, 11) is 3.39. The second-order valence-electron chi connectivity index (χ2n) is 8.47. The van der Waals surface area contributed by atoms with Gasteiger partial charge in [-0.25, -0.2) is 9.97 Å². The number of fused-ring (bicyclic) bond motifs is 1. The average molecular weight is 447 g/mol. The summed E-state index contributed by atoms with van der Waals surface area (Å²) in [5.74, 6) is 1.94. The predicted octanol–water partition coefficient (Wildman–Crippen LogP) is 2.59. The van der Waals surface area contributed by atoms with Gasteiger partial charge in [-0.05, 0) is 43.5 Å². The zero-order valence-corrected chi connectivity index (χ0v) is 19.0. The first-order chi connectivity index (χ1) is 16.0. The highest BCUT2D eigenvalue weighted by molar-refractivity contribution is 6.00. The van der Waals surface area contributed by atoms with Crippen LogP contribution in [0.5, 0.6) is 5.75 Å². The van der Waals surface area contributed by atoms with Gasteiger partial charge in [-0.15, -0.1) is 0 Å². The first-order valence-corrected chi connectivity index (χ1v) is 11.1. The van der Waals surface area contributed by atoms with Gasteiger partial charge in [0.15, 0.2) is 5.82 Å². The number of anilines is 1. The maximum Gasteiger partial charge on any atom is 0.272 e. The first-order valence-electron chi connectivity index (χ1n) is 11.1. The van der Waals surface area contributed by atoms with E-state index in [1.165, 1.54) is 0 Å². The Morgan fingerprint density at radius 2 is 1.97 bits per heavy atom. The molecule has 3 aromatic rings. The fraction of sp³-hybridized carbons (Fsp3) is 0.375. The van der Waals surface area contributed by atoms with Gasteiger partial charge in [0, 0.05) is 31.0 Å². The van der Waals surface area contributed by atoms with Crippen LogP contribution >= 0.6 is 0 Å². The fourth-order valence-corrected chi connectivity index (χ4v) is 4.63. The van der Waals surface area contributed by atoms with Crippen molar-refractivity contribution in [2.45, 2.75) is 38.8 Å². The molecule has 1 fully saturated rings. The molecular formula is C24H26N6O3. The molecule has 9 nitrogen and oxygen atoms in total. The van der Waals surface area contributed by atoms with Crippen LogP contribution in [0.2, 0.25) is 0 Å². The molecule has 2 aliphatic heterocycles. The van der Waals surface area contributed by atoms with Crippen LogP contribution in [0.25, 0.3) is 0 Å². The van der Waals surface area contributed by atoms with Crippen LogP contribution in [0.4, 0.5) is 5.82 Å². The lowest BCUT2D eigenvalue weighted by atomic mass is 10.1. The number of hydrogen-bond acceptors (Lipinski definition) is 6. The maximum absolute atomic E-state index is 13.2. The Labute approximate surface area is 192 Å². The van der Waals surface area contributed by atoms with E-state index in [4.69, 9.17) is 14.7 Å². The molecule has 0 radical (unpaired) electrons. The van der Waals surface area contributed by atoms with Crippen molar-refractivity contribution in [1.82, 2.24) is 24.6 Å². The van der Waals surface area contributed by atoms with Crippen LogP contribution in [-0.4, -0.2) is 50.1 Å². The van der Waals surface area contributed by atoms with Gasteiger partial charge in [0.25, 0.3) is 5.91 Å². The average Bonchev–Trinajstić information content (AvgIpc) is 3.54. The van der Waals surface area contributed by atoms with Gasteiger partial charge < -0.3 is 9.64 Å². The molecule has 2 aromatic heterocycles. The summed E-state index contributed by atoms with van der Waals surface area (Å²) in [5.41, 5.74) is 3.18. The smallest absolute Gasteiger partial charge is 0.272 e. The normalized spacial score (nSPS) is 17.5. The first kappa shape index (κ1) is 21.1. The van der Waals surface area contributed by atoms with Crippen molar-refractivity contribution in [3.63, 3.8) is 0 Å². The summed E-state index contributed by atoms with van der Waals surface area (Å²) in [6.45, 7) is 2.98. The Hall–Kier alpha value is -3.75. The molecule has 0 bridgehead atoms. The molecule has 33 heavy (non-hydrogen) atoms. The molecule has 1 atom stereocenters. The van der Waals surface area contributed by atoms with Crippen LogP contribution < -0.4 is 9.64 Å². The molecule has 2 amide bonds. The number of aryl methyl sites for hydroxylation is 2. The molecule has 2 aliphatic rings. The quantitative estimate of drug-likeness (QED) is 0.598. The lowest BCUT2D eigenvalue weighted by Gasteiger charge is -2.25. The summed E-state index contributed by atoms with van der Waals surface area (Å²) in [6, 6.07) is 9.16. The maximum atomic E-state index is 13.2. The van der Waals surface area contributed by atoms with E-state index < -0.39 is 0 Å². The van der Waals surface area contributed by atoms with Crippen LogP contribution in [0.1, 0.15) is 52.0 Å². The number of ether oxygens (including phenoxy) is 1. The second-order valence-corrected chi connectivity index (χ2v) is 8.47. The number of carbonyl (C=O) groups is 2. The van der Waals surface area contributed by atoms with Crippen LogP contribution in [0, 0.1) is 6.92 Å². The zero-order valence-electron chi connectivity index (χ0n) is 19.0. The van der Waals surface area contributed by atoms with E-state index in [0.717, 1.165) is 35.4 Å². The molecule has 9 heteroatoms. The zero-order chi connectivity index (χ0) is 23.1. The standard InChI is InChI=1S/C24H26N6O3/c1-15-18-13-21(31)30(14-16-6-8-17(33-3)9-7-16)23(18)27-22(26-15)19-5-4-12-29(19)24(32)20-10-11-25-28(20)2/h6-11,19H,4-5,12-14H2,1-3H3/t19-/m0/s1. The SMILES string of the molecule is COc1ccc(CN2C(=O)Cc3c(C)nc([C@@H]4CCCN4C(=O)c4ccnn4C)nc32)cc1. The molecule has 5 rings (SSSR count). The summed E-state index contributed by atoms with van der Waals surface area (Å²) < 4.78 is 6.81. The number of nitrogens with zero attached hydrogens (tertiary/aromatic N) is 6. The van der Waals surface area contributed by atoms with Gasteiger partial charge in [-0.3, -0.25) is 19.2 Å². The Morgan fingerprint density at radius 3 is 2.67 bits per heavy atom. The fourth-order valence-electron chi connectivity index (χ4n) is 4.63. The lowest BCUT2D eigenvalue weighted by Crippen LogP contribution is -2.33. The lowest BCUT2D eigenvalue weighted by molar-refractivity contribution is -0.117. The molecule has 0 aliphatic carbocycles. The van der Waals surface area contributed by atoms with Crippen molar-refractivity contribution in [2.24, 2.45) is 7.05 Å². The van der Waals surface area contributed by atoms with E-state index in [9.17, 15) is 9.59 Å². The highest BCUT2D eigenvalue weighted by Gasteiger charge is 2.37. The van der Waals surface area contributed by atoms with E-state index in [2.05, 4.69) is 5.10 Å². The van der Waals surface area contributed by atoms with E-state index >= 15 is 0 Å². The highest BCUT2D eigenvalue weighted by Crippen LogP contribution is 2.36. The number of aromatic nitrogens is 4. The largest absolute Gasteiger partial charge is 0.497 e. The molecule has 0 saturated carbocycles. The molecule has 0 N–H and O–H groups in total. The van der Waals surface area contributed by atoms with Gasteiger partial charge in [0.1, 0.15) is 17.3 Å². The van der Waals surface area contributed by atoms with E-state index in [-0.39, 0.29) is 17.9 Å². The van der Waals surface area contributed by atoms with Crippen molar-refractivity contribution in [2.75, 3.05) is 18.6 Å². The van der Waals surface area contributed by atoms with Gasteiger partial charge in [0.2, 0.25) is 5.91 Å². The summed E-state index contributed by atoms with van der Waals surface area (Å²) in [6.07, 6.45) is 3.58. The molecule has 170 valence electrons. The molecule has 1 aromatic carbocycles. The number of likely N-dealkylation sites (tertiary alicyclic amines) is 1. The third-order valence-corrected chi connectivity index (χ3v) is 6.45.